The maximum absolute atomic E-state index is 9.34. The fourth-order valence-corrected chi connectivity index (χ4v) is 0.183. The summed E-state index contributed by atoms with van der Waals surface area (Å²) in [6, 6.07) is 0. The molecule has 0 aliphatic heterocycles. The van der Waals surface area contributed by atoms with Gasteiger partial charge in [0.05, 0.1) is 0 Å². The van der Waals surface area contributed by atoms with Gasteiger partial charge in [-0.1, -0.05) is 6.58 Å². The molecule has 0 amide bonds. The Hall–Kier alpha value is 0.119. The van der Waals surface area contributed by atoms with Gasteiger partial charge in [-0.25, -0.2) is 0 Å². The molecule has 44 valence electrons. The van der Waals surface area contributed by atoms with E-state index in [1.807, 2.05) is 0 Å². The van der Waals surface area contributed by atoms with Crippen LogP contribution in [0.4, 0.5) is 0 Å². The minimum atomic E-state index is -2.72. The summed E-state index contributed by atoms with van der Waals surface area (Å²) in [5.41, 5.74) is 0. The van der Waals surface area contributed by atoms with Crippen LogP contribution in [0.15, 0.2) is 12.8 Å². The van der Waals surface area contributed by atoms with Gasteiger partial charge in [-0.05, 0) is 4.57 Å². The Bertz CT molecular complexity index is 73.3. The van der Waals surface area contributed by atoms with E-state index in [1.165, 1.54) is 0 Å². The number of hydrogen-bond donors (Lipinski definition) is 0. The number of hydrogen-bond acceptors (Lipinski definition) is 3. The molecule has 0 aromatic rings. The third-order valence-corrected chi connectivity index (χ3v) is 0.482. The molecule has 0 aromatic carbocycles. The Morgan fingerprint density at radius 1 is 1.86 bits per heavy atom. The van der Waals surface area contributed by atoms with Gasteiger partial charge in [-0.15, -0.1) is 0 Å². The molecule has 0 N–H and O–H groups in total. The second-order valence-electron chi connectivity index (χ2n) is 0.496. The first-order chi connectivity index (χ1) is 2.77. The topological polar surface area (TPSA) is 49.4 Å². The van der Waals surface area contributed by atoms with Crippen molar-refractivity contribution in [3.05, 3.63) is 12.8 Å². The average molecular weight is 170 g/mol. The zero-order chi connectivity index (χ0) is 4.99. The Morgan fingerprint density at radius 3 is 2.29 bits per heavy atom. The van der Waals surface area contributed by atoms with E-state index in [0.717, 1.165) is 6.26 Å². The van der Waals surface area contributed by atoms with Crippen LogP contribution in [0.2, 0.25) is 0 Å². The molecule has 0 spiro atoms. The molecule has 1 atom stereocenters. The van der Waals surface area contributed by atoms with Crippen molar-refractivity contribution in [2.24, 2.45) is 0 Å². The average Bonchev–Trinajstić information content (AvgIpc) is 1.35. The molecular formula is C2H3CuO3P+. The van der Waals surface area contributed by atoms with Gasteiger partial charge in [0, 0.05) is 0 Å². The van der Waals surface area contributed by atoms with E-state index in [-0.39, 0.29) is 17.1 Å². The summed E-state index contributed by atoms with van der Waals surface area (Å²) in [7, 11) is -2.72. The Morgan fingerprint density at radius 2 is 2.29 bits per heavy atom. The van der Waals surface area contributed by atoms with Crippen LogP contribution in [0.5, 0.6) is 0 Å². The zero-order valence-corrected chi connectivity index (χ0v) is 5.09. The van der Waals surface area contributed by atoms with Gasteiger partial charge in [0.1, 0.15) is 6.26 Å². The molecule has 0 heterocycles. The maximum Gasteiger partial charge on any atom is 1.00 e. The largest absolute Gasteiger partial charge is 1.00 e. The van der Waals surface area contributed by atoms with E-state index < -0.39 is 8.25 Å². The normalized spacial score (nSPS) is 8.43. The smallest absolute Gasteiger partial charge is 0.558 e. The molecule has 0 aromatic heterocycles. The van der Waals surface area contributed by atoms with Crippen LogP contribution < -0.4 is 4.89 Å². The van der Waals surface area contributed by atoms with Crippen LogP contribution in [0, 0.1) is 0 Å². The van der Waals surface area contributed by atoms with Gasteiger partial charge >= 0.3 is 25.3 Å². The summed E-state index contributed by atoms with van der Waals surface area (Å²) >= 11 is 0. The van der Waals surface area contributed by atoms with Crippen LogP contribution in [0.25, 0.3) is 0 Å². The molecule has 0 saturated heterocycles. The van der Waals surface area contributed by atoms with Crippen molar-refractivity contribution in [3.8, 4) is 0 Å². The van der Waals surface area contributed by atoms with Gasteiger partial charge in [-0.2, -0.15) is 0 Å². The first-order valence-corrected chi connectivity index (χ1v) is 2.29. The van der Waals surface area contributed by atoms with Gasteiger partial charge in [0.25, 0.3) is 0 Å². The zero-order valence-electron chi connectivity index (χ0n) is 3.26. The molecule has 1 unspecified atom stereocenters. The maximum atomic E-state index is 9.34. The third kappa shape index (κ3) is 10.7. The van der Waals surface area contributed by atoms with E-state index in [0.29, 0.717) is 0 Å². The second kappa shape index (κ2) is 6.12. The minimum absolute atomic E-state index is 0. The molecule has 5 heteroatoms. The van der Waals surface area contributed by atoms with Crippen molar-refractivity contribution in [2.45, 2.75) is 0 Å². The van der Waals surface area contributed by atoms with Crippen molar-refractivity contribution in [3.63, 3.8) is 0 Å². The van der Waals surface area contributed by atoms with Gasteiger partial charge in [0.2, 0.25) is 0 Å². The quantitative estimate of drug-likeness (QED) is 0.336. The first-order valence-electron chi connectivity index (χ1n) is 1.19. The molecular weight excluding hydrogens is 167 g/mol. The summed E-state index contributed by atoms with van der Waals surface area (Å²) in [4.78, 5) is 9.34. The Labute approximate surface area is 52.8 Å². The van der Waals surface area contributed by atoms with E-state index in [9.17, 15) is 9.46 Å². The van der Waals surface area contributed by atoms with Crippen LogP contribution in [-0.2, 0) is 26.2 Å². The Balaban J connectivity index is 0. The fourth-order valence-electron chi connectivity index (χ4n) is 0.0609. The molecule has 0 rings (SSSR count). The van der Waals surface area contributed by atoms with Gasteiger partial charge in [0.15, 0.2) is 0 Å². The molecule has 0 radical (unpaired) electrons. The van der Waals surface area contributed by atoms with Crippen LogP contribution in [0.1, 0.15) is 0 Å². The predicted molar refractivity (Wildman–Crippen MR) is 18.9 cm³/mol. The van der Waals surface area contributed by atoms with E-state index in [2.05, 4.69) is 11.1 Å². The van der Waals surface area contributed by atoms with Gasteiger partial charge in [-0.3, -0.25) is 4.52 Å². The third-order valence-electron chi connectivity index (χ3n) is 0.161. The molecule has 0 bridgehead atoms. The molecule has 3 nitrogen and oxygen atoms in total. The summed E-state index contributed by atoms with van der Waals surface area (Å²) in [6.07, 6.45) is 0.853. The van der Waals surface area contributed by atoms with Crippen molar-refractivity contribution in [1.29, 1.82) is 0 Å². The van der Waals surface area contributed by atoms with Crippen molar-refractivity contribution >= 4 is 8.25 Å². The number of rotatable bonds is 2. The monoisotopic (exact) mass is 169 g/mol. The van der Waals surface area contributed by atoms with Crippen molar-refractivity contribution in [2.75, 3.05) is 0 Å². The standard InChI is InChI=1S/C2H3O3P.Cu/c1-2-5-6(3)4;/h2H,1H2;/q;+1. The van der Waals surface area contributed by atoms with Crippen LogP contribution in [-0.4, -0.2) is 0 Å². The van der Waals surface area contributed by atoms with E-state index in [1.54, 1.807) is 0 Å². The minimum Gasteiger partial charge on any atom is -0.558 e. The Kier molecular flexibility index (Phi) is 8.89. The molecule has 0 saturated carbocycles. The summed E-state index contributed by atoms with van der Waals surface area (Å²) < 4.78 is 13.1. The summed E-state index contributed by atoms with van der Waals surface area (Å²) in [5, 5.41) is 0. The summed E-state index contributed by atoms with van der Waals surface area (Å²) in [5.74, 6) is 0. The van der Waals surface area contributed by atoms with Gasteiger partial charge < -0.3 is 4.89 Å². The second-order valence-corrected chi connectivity index (χ2v) is 1.15. The van der Waals surface area contributed by atoms with Crippen molar-refractivity contribution < 1.29 is 31.1 Å². The summed E-state index contributed by atoms with van der Waals surface area (Å²) in [6.45, 7) is 2.99. The molecule has 0 aliphatic rings. The SMILES string of the molecule is C=CO[P+](=O)[O-].[Cu+]. The van der Waals surface area contributed by atoms with Crippen molar-refractivity contribution in [1.82, 2.24) is 0 Å². The van der Waals surface area contributed by atoms with E-state index in [4.69, 9.17) is 0 Å². The van der Waals surface area contributed by atoms with E-state index >= 15 is 0 Å². The van der Waals surface area contributed by atoms with Crippen LogP contribution in [0.3, 0.4) is 0 Å². The predicted octanol–water partition coefficient (Wildman–Crippen LogP) is 0.162. The molecule has 0 fully saturated rings. The molecule has 7 heavy (non-hydrogen) atoms. The first kappa shape index (κ1) is 10.2. The van der Waals surface area contributed by atoms with Crippen LogP contribution >= 0.6 is 8.25 Å². The molecule has 0 aliphatic carbocycles. The fraction of sp³-hybridized carbons (Fsp3) is 0.